The first-order valence-electron chi connectivity index (χ1n) is 6.83. The molecule has 0 saturated heterocycles. The number of nitrogens with zero attached hydrogens (tertiary/aromatic N) is 1. The number of benzene rings is 1. The van der Waals surface area contributed by atoms with Crippen molar-refractivity contribution in [3.63, 3.8) is 0 Å². The summed E-state index contributed by atoms with van der Waals surface area (Å²) in [5.41, 5.74) is 0.328. The van der Waals surface area contributed by atoms with Gasteiger partial charge in [-0.25, -0.2) is 0 Å². The molecule has 20 heavy (non-hydrogen) atoms. The van der Waals surface area contributed by atoms with E-state index in [1.807, 2.05) is 13.8 Å². The quantitative estimate of drug-likeness (QED) is 0.840. The Morgan fingerprint density at radius 3 is 2.60 bits per heavy atom. The molecule has 1 N–H and O–H groups in total. The van der Waals surface area contributed by atoms with E-state index in [4.69, 9.17) is 16.3 Å². The highest BCUT2D eigenvalue weighted by atomic mass is 35.5. The van der Waals surface area contributed by atoms with Gasteiger partial charge in [0, 0.05) is 19.7 Å². The highest BCUT2D eigenvalue weighted by molar-refractivity contribution is 6.33. The molecule has 0 bridgehead atoms. The monoisotopic (exact) mass is 299 g/mol. The molecule has 0 unspecified atom stereocenters. The average molecular weight is 300 g/mol. The van der Waals surface area contributed by atoms with Gasteiger partial charge in [-0.15, -0.1) is 0 Å². The third kappa shape index (κ3) is 4.12. The minimum absolute atomic E-state index is 0.0361. The summed E-state index contributed by atoms with van der Waals surface area (Å²) in [6.07, 6.45) is 1.73. The number of halogens is 1. The Morgan fingerprint density at radius 2 is 2.05 bits per heavy atom. The fourth-order valence-electron chi connectivity index (χ4n) is 2.20. The van der Waals surface area contributed by atoms with E-state index in [2.05, 4.69) is 0 Å². The molecule has 0 saturated carbocycles. The van der Waals surface area contributed by atoms with E-state index >= 15 is 0 Å². The highest BCUT2D eigenvalue weighted by Gasteiger charge is 2.24. The maximum atomic E-state index is 12.7. The third-order valence-corrected chi connectivity index (χ3v) is 3.69. The van der Waals surface area contributed by atoms with E-state index in [1.54, 1.807) is 12.0 Å². The lowest BCUT2D eigenvalue weighted by Gasteiger charge is -2.30. The zero-order valence-electron chi connectivity index (χ0n) is 12.2. The van der Waals surface area contributed by atoms with Crippen LogP contribution in [0.1, 0.15) is 37.0 Å². The summed E-state index contributed by atoms with van der Waals surface area (Å²) in [7, 11) is 1.61. The van der Waals surface area contributed by atoms with E-state index < -0.39 is 0 Å². The molecule has 5 heteroatoms. The van der Waals surface area contributed by atoms with Gasteiger partial charge in [-0.2, -0.15) is 0 Å². The Kier molecular flexibility index (Phi) is 6.82. The van der Waals surface area contributed by atoms with Crippen molar-refractivity contribution >= 4 is 17.5 Å². The molecule has 0 aromatic heterocycles. The minimum Gasteiger partial charge on any atom is -0.508 e. The van der Waals surface area contributed by atoms with Gasteiger partial charge in [0.25, 0.3) is 5.91 Å². The number of phenols is 1. The maximum Gasteiger partial charge on any atom is 0.255 e. The lowest BCUT2D eigenvalue weighted by molar-refractivity contribution is 0.0589. The van der Waals surface area contributed by atoms with Crippen LogP contribution in [0.25, 0.3) is 0 Å². The molecular formula is C15H22ClNO3. The summed E-state index contributed by atoms with van der Waals surface area (Å²) in [4.78, 5) is 14.4. The fourth-order valence-corrected chi connectivity index (χ4v) is 2.40. The summed E-state index contributed by atoms with van der Waals surface area (Å²) < 4.78 is 5.08. The van der Waals surface area contributed by atoms with Crippen molar-refractivity contribution in [2.45, 2.75) is 32.7 Å². The van der Waals surface area contributed by atoms with Crippen molar-refractivity contribution in [1.82, 2.24) is 4.90 Å². The molecule has 0 spiro atoms. The molecule has 1 aromatic carbocycles. The smallest absolute Gasteiger partial charge is 0.255 e. The largest absolute Gasteiger partial charge is 0.508 e. The van der Waals surface area contributed by atoms with Crippen LogP contribution in [0.15, 0.2) is 18.2 Å². The van der Waals surface area contributed by atoms with E-state index in [9.17, 15) is 9.90 Å². The zero-order valence-corrected chi connectivity index (χ0v) is 13.0. The topological polar surface area (TPSA) is 49.8 Å². The number of phenolic OH excluding ortho intramolecular Hbond substituents is 1. The number of carbonyl (C=O) groups is 1. The van der Waals surface area contributed by atoms with E-state index in [0.717, 1.165) is 12.8 Å². The fraction of sp³-hybridized carbons (Fsp3) is 0.533. The SMILES string of the molecule is CCC(CC)N(CCOC)C(=O)c1cc(O)ccc1Cl. The van der Waals surface area contributed by atoms with E-state index in [-0.39, 0.29) is 17.7 Å². The molecule has 1 rings (SSSR count). The number of amides is 1. The van der Waals surface area contributed by atoms with Gasteiger partial charge in [0.15, 0.2) is 0 Å². The van der Waals surface area contributed by atoms with Crippen LogP contribution in [-0.4, -0.2) is 42.2 Å². The second-order valence-electron chi connectivity index (χ2n) is 4.63. The summed E-state index contributed by atoms with van der Waals surface area (Å²) in [6.45, 7) is 5.07. The molecular weight excluding hydrogens is 278 g/mol. The number of hydrogen-bond acceptors (Lipinski definition) is 3. The molecule has 0 aliphatic rings. The minimum atomic E-state index is -0.170. The van der Waals surface area contributed by atoms with Crippen LogP contribution in [-0.2, 0) is 4.74 Å². The molecule has 1 amide bonds. The number of hydrogen-bond donors (Lipinski definition) is 1. The van der Waals surface area contributed by atoms with Crippen molar-refractivity contribution in [1.29, 1.82) is 0 Å². The van der Waals surface area contributed by atoms with Crippen molar-refractivity contribution in [2.24, 2.45) is 0 Å². The van der Waals surface area contributed by atoms with E-state index in [1.165, 1.54) is 18.2 Å². The van der Waals surface area contributed by atoms with Gasteiger partial charge in [0.05, 0.1) is 17.2 Å². The molecule has 4 nitrogen and oxygen atoms in total. The van der Waals surface area contributed by atoms with Gasteiger partial charge in [-0.3, -0.25) is 4.79 Å². The van der Waals surface area contributed by atoms with E-state index in [0.29, 0.717) is 23.7 Å². The predicted octanol–water partition coefficient (Wildman–Crippen LogP) is 3.32. The number of ether oxygens (including phenoxy) is 1. The van der Waals surface area contributed by atoms with Gasteiger partial charge in [0.2, 0.25) is 0 Å². The summed E-state index contributed by atoms with van der Waals surface area (Å²) in [5.74, 6) is -0.134. The van der Waals surface area contributed by atoms with Crippen molar-refractivity contribution < 1.29 is 14.6 Å². The van der Waals surface area contributed by atoms with Crippen LogP contribution in [0.3, 0.4) is 0 Å². The van der Waals surface area contributed by atoms with Crippen molar-refractivity contribution in [2.75, 3.05) is 20.3 Å². The van der Waals surface area contributed by atoms with Crippen LogP contribution in [0.5, 0.6) is 5.75 Å². The van der Waals surface area contributed by atoms with Crippen molar-refractivity contribution in [3.05, 3.63) is 28.8 Å². The van der Waals surface area contributed by atoms with Gasteiger partial charge in [-0.1, -0.05) is 25.4 Å². The Morgan fingerprint density at radius 1 is 1.40 bits per heavy atom. The number of carbonyl (C=O) groups excluding carboxylic acids is 1. The third-order valence-electron chi connectivity index (χ3n) is 3.36. The molecule has 1 aromatic rings. The summed E-state index contributed by atoms with van der Waals surface area (Å²) in [5, 5.41) is 9.89. The number of methoxy groups -OCH3 is 1. The van der Waals surface area contributed by atoms with Crippen LogP contribution in [0, 0.1) is 0 Å². The molecule has 112 valence electrons. The first kappa shape index (κ1) is 16.8. The normalized spacial score (nSPS) is 10.8. The van der Waals surface area contributed by atoms with Gasteiger partial charge in [0.1, 0.15) is 5.75 Å². The van der Waals surface area contributed by atoms with Gasteiger partial charge in [-0.05, 0) is 31.0 Å². The molecule has 0 radical (unpaired) electrons. The lowest BCUT2D eigenvalue weighted by atomic mass is 10.1. The first-order valence-corrected chi connectivity index (χ1v) is 7.21. The Balaban J connectivity index is 3.05. The average Bonchev–Trinajstić information content (AvgIpc) is 2.45. The molecule has 0 aliphatic heterocycles. The Hall–Kier alpha value is -1.26. The molecule has 0 fully saturated rings. The molecule has 0 aliphatic carbocycles. The zero-order chi connectivity index (χ0) is 15.1. The Labute approximate surface area is 125 Å². The predicted molar refractivity (Wildman–Crippen MR) is 80.4 cm³/mol. The van der Waals surface area contributed by atoms with Crippen LogP contribution in [0.2, 0.25) is 5.02 Å². The second-order valence-corrected chi connectivity index (χ2v) is 5.03. The molecule has 0 heterocycles. The highest BCUT2D eigenvalue weighted by Crippen LogP contribution is 2.24. The molecule has 0 atom stereocenters. The Bertz CT molecular complexity index is 447. The summed E-state index contributed by atoms with van der Waals surface area (Å²) in [6, 6.07) is 4.55. The standard InChI is InChI=1S/C15H22ClNO3/c1-4-11(5-2)17(8-9-20-3)15(19)13-10-12(18)6-7-14(13)16/h6-7,10-11,18H,4-5,8-9H2,1-3H3. The summed E-state index contributed by atoms with van der Waals surface area (Å²) >= 11 is 6.07. The van der Waals surface area contributed by atoms with Gasteiger partial charge < -0.3 is 14.7 Å². The van der Waals surface area contributed by atoms with Crippen LogP contribution in [0.4, 0.5) is 0 Å². The van der Waals surface area contributed by atoms with Crippen LogP contribution < -0.4 is 0 Å². The first-order chi connectivity index (χ1) is 9.54. The van der Waals surface area contributed by atoms with Crippen molar-refractivity contribution in [3.8, 4) is 5.75 Å². The number of rotatable bonds is 7. The number of aromatic hydroxyl groups is 1. The second kappa shape index (κ2) is 8.12. The van der Waals surface area contributed by atoms with Crippen LogP contribution >= 0.6 is 11.6 Å². The maximum absolute atomic E-state index is 12.7. The lowest BCUT2D eigenvalue weighted by Crippen LogP contribution is -2.41. The van der Waals surface area contributed by atoms with Gasteiger partial charge >= 0.3 is 0 Å².